The van der Waals surface area contributed by atoms with Crippen molar-refractivity contribution in [2.45, 2.75) is 27.2 Å². The van der Waals surface area contributed by atoms with Crippen molar-refractivity contribution in [1.29, 1.82) is 5.26 Å². The number of nitrogens with two attached hydrogens (primary N) is 1. The van der Waals surface area contributed by atoms with E-state index in [1.807, 2.05) is 42.7 Å². The quantitative estimate of drug-likeness (QED) is 0.925. The van der Waals surface area contributed by atoms with Crippen molar-refractivity contribution in [2.24, 2.45) is 0 Å². The average Bonchev–Trinajstić information content (AvgIpc) is 2.67. The first-order chi connectivity index (χ1) is 9.60. The van der Waals surface area contributed by atoms with Gasteiger partial charge in [0.15, 0.2) is 0 Å². The molecule has 0 saturated heterocycles. The number of nitrogen functional groups attached to an aromatic ring is 1. The van der Waals surface area contributed by atoms with Gasteiger partial charge in [-0.3, -0.25) is 4.57 Å². The van der Waals surface area contributed by atoms with Crippen molar-refractivity contribution < 1.29 is 4.74 Å². The summed E-state index contributed by atoms with van der Waals surface area (Å²) in [6.45, 7) is 6.67. The predicted octanol–water partition coefficient (Wildman–Crippen LogP) is 3.34. The third-order valence-electron chi connectivity index (χ3n) is 3.43. The molecule has 0 fully saturated rings. The van der Waals surface area contributed by atoms with E-state index < -0.39 is 0 Å². The standard InChI is InChI=1S/C16H19N3O/c1-4-9-20-14-7-5-13(6-8-14)19-12(3)11(2)15(10-17)16(19)18/h5-8H,4,9,18H2,1-3H3. The molecular weight excluding hydrogens is 250 g/mol. The van der Waals surface area contributed by atoms with Gasteiger partial charge >= 0.3 is 0 Å². The van der Waals surface area contributed by atoms with E-state index in [1.54, 1.807) is 0 Å². The Morgan fingerprint density at radius 1 is 1.25 bits per heavy atom. The molecule has 1 aromatic carbocycles. The van der Waals surface area contributed by atoms with Gasteiger partial charge in [0.1, 0.15) is 17.6 Å². The highest BCUT2D eigenvalue weighted by Crippen LogP contribution is 2.28. The minimum absolute atomic E-state index is 0.490. The van der Waals surface area contributed by atoms with Crippen molar-refractivity contribution in [3.63, 3.8) is 0 Å². The molecule has 0 aliphatic heterocycles. The molecule has 0 aliphatic rings. The van der Waals surface area contributed by atoms with Crippen LogP contribution in [0.3, 0.4) is 0 Å². The third kappa shape index (κ3) is 2.35. The van der Waals surface area contributed by atoms with Crippen molar-refractivity contribution in [3.05, 3.63) is 41.1 Å². The lowest BCUT2D eigenvalue weighted by molar-refractivity contribution is 0.317. The summed E-state index contributed by atoms with van der Waals surface area (Å²) in [4.78, 5) is 0. The molecule has 0 amide bonds. The lowest BCUT2D eigenvalue weighted by atomic mass is 10.2. The molecule has 0 atom stereocenters. The number of ether oxygens (including phenoxy) is 1. The molecule has 2 aromatic rings. The fourth-order valence-electron chi connectivity index (χ4n) is 2.22. The maximum Gasteiger partial charge on any atom is 0.126 e. The number of hydrogen-bond donors (Lipinski definition) is 1. The number of anilines is 1. The Hall–Kier alpha value is -2.41. The smallest absolute Gasteiger partial charge is 0.126 e. The molecule has 104 valence electrons. The van der Waals surface area contributed by atoms with Crippen LogP contribution in [0.15, 0.2) is 24.3 Å². The van der Waals surface area contributed by atoms with Crippen LogP contribution in [0.1, 0.15) is 30.2 Å². The van der Waals surface area contributed by atoms with Gasteiger partial charge in [-0.15, -0.1) is 0 Å². The molecule has 0 saturated carbocycles. The van der Waals surface area contributed by atoms with Gasteiger partial charge in [0.05, 0.1) is 12.2 Å². The van der Waals surface area contributed by atoms with Gasteiger partial charge in [0, 0.05) is 11.4 Å². The SMILES string of the molecule is CCCOc1ccc(-n2c(C)c(C)c(C#N)c2N)cc1. The first-order valence-corrected chi connectivity index (χ1v) is 6.70. The zero-order valence-corrected chi connectivity index (χ0v) is 12.1. The lowest BCUT2D eigenvalue weighted by Crippen LogP contribution is -2.03. The van der Waals surface area contributed by atoms with E-state index >= 15 is 0 Å². The molecule has 4 heteroatoms. The Kier molecular flexibility index (Phi) is 3.99. The Balaban J connectivity index is 2.40. The number of benzene rings is 1. The van der Waals surface area contributed by atoms with Gasteiger partial charge in [-0.2, -0.15) is 5.26 Å². The third-order valence-corrected chi connectivity index (χ3v) is 3.43. The summed E-state index contributed by atoms with van der Waals surface area (Å²) in [6, 6.07) is 9.91. The number of nitriles is 1. The second kappa shape index (κ2) is 5.70. The molecule has 0 aliphatic carbocycles. The van der Waals surface area contributed by atoms with Gasteiger partial charge in [-0.05, 0) is 50.1 Å². The Morgan fingerprint density at radius 3 is 2.40 bits per heavy atom. The van der Waals surface area contributed by atoms with Crippen LogP contribution in [0.5, 0.6) is 5.75 Å². The van der Waals surface area contributed by atoms with Gasteiger partial charge < -0.3 is 10.5 Å². The summed E-state index contributed by atoms with van der Waals surface area (Å²) in [5.74, 6) is 1.33. The van der Waals surface area contributed by atoms with E-state index in [1.165, 1.54) is 0 Å². The van der Waals surface area contributed by atoms with Crippen molar-refractivity contribution in [2.75, 3.05) is 12.3 Å². The molecule has 1 aromatic heterocycles. The molecule has 0 spiro atoms. The molecule has 0 bridgehead atoms. The van der Waals surface area contributed by atoms with E-state index in [0.29, 0.717) is 18.0 Å². The van der Waals surface area contributed by atoms with E-state index in [2.05, 4.69) is 13.0 Å². The van der Waals surface area contributed by atoms with E-state index in [9.17, 15) is 0 Å². The largest absolute Gasteiger partial charge is 0.494 e. The summed E-state index contributed by atoms with van der Waals surface area (Å²) >= 11 is 0. The lowest BCUT2D eigenvalue weighted by Gasteiger charge is -2.10. The fraction of sp³-hybridized carbons (Fsp3) is 0.312. The molecule has 2 N–H and O–H groups in total. The summed E-state index contributed by atoms with van der Waals surface area (Å²) in [5.41, 5.74) is 9.48. The highest BCUT2D eigenvalue weighted by molar-refractivity contribution is 5.62. The van der Waals surface area contributed by atoms with Crippen LogP contribution in [0.4, 0.5) is 5.82 Å². The first kappa shape index (κ1) is 14.0. The summed E-state index contributed by atoms with van der Waals surface area (Å²) in [5, 5.41) is 9.16. The summed E-state index contributed by atoms with van der Waals surface area (Å²) in [7, 11) is 0. The molecule has 2 rings (SSSR count). The Morgan fingerprint density at radius 2 is 1.90 bits per heavy atom. The van der Waals surface area contributed by atoms with E-state index in [4.69, 9.17) is 15.7 Å². The van der Waals surface area contributed by atoms with Crippen LogP contribution in [-0.4, -0.2) is 11.2 Å². The molecular formula is C16H19N3O. The summed E-state index contributed by atoms with van der Waals surface area (Å²) in [6.07, 6.45) is 0.982. The van der Waals surface area contributed by atoms with E-state index in [-0.39, 0.29) is 0 Å². The maximum absolute atomic E-state index is 9.16. The number of rotatable bonds is 4. The van der Waals surface area contributed by atoms with Crippen LogP contribution in [-0.2, 0) is 0 Å². The molecule has 0 radical (unpaired) electrons. The zero-order valence-electron chi connectivity index (χ0n) is 12.1. The first-order valence-electron chi connectivity index (χ1n) is 6.70. The molecule has 20 heavy (non-hydrogen) atoms. The van der Waals surface area contributed by atoms with Crippen LogP contribution < -0.4 is 10.5 Å². The molecule has 1 heterocycles. The van der Waals surface area contributed by atoms with Crippen LogP contribution in [0.2, 0.25) is 0 Å². The van der Waals surface area contributed by atoms with Crippen LogP contribution in [0, 0.1) is 25.2 Å². The number of aromatic nitrogens is 1. The van der Waals surface area contributed by atoms with Gasteiger partial charge in [0.2, 0.25) is 0 Å². The monoisotopic (exact) mass is 269 g/mol. The Bertz CT molecular complexity index is 648. The van der Waals surface area contributed by atoms with Crippen LogP contribution >= 0.6 is 0 Å². The van der Waals surface area contributed by atoms with Crippen molar-refractivity contribution in [3.8, 4) is 17.5 Å². The Labute approximate surface area is 119 Å². The predicted molar refractivity (Wildman–Crippen MR) is 80.2 cm³/mol. The summed E-state index contributed by atoms with van der Waals surface area (Å²) < 4.78 is 7.46. The highest BCUT2D eigenvalue weighted by atomic mass is 16.5. The minimum atomic E-state index is 0.490. The molecule has 0 unspecified atom stereocenters. The number of nitrogens with zero attached hydrogens (tertiary/aromatic N) is 2. The minimum Gasteiger partial charge on any atom is -0.494 e. The topological polar surface area (TPSA) is 64.0 Å². The number of hydrogen-bond acceptors (Lipinski definition) is 3. The highest BCUT2D eigenvalue weighted by Gasteiger charge is 2.16. The second-order valence-corrected chi connectivity index (χ2v) is 4.76. The van der Waals surface area contributed by atoms with Gasteiger partial charge in [-0.25, -0.2) is 0 Å². The van der Waals surface area contributed by atoms with Crippen LogP contribution in [0.25, 0.3) is 5.69 Å². The van der Waals surface area contributed by atoms with Gasteiger partial charge in [0.25, 0.3) is 0 Å². The average molecular weight is 269 g/mol. The fourth-order valence-corrected chi connectivity index (χ4v) is 2.22. The van der Waals surface area contributed by atoms with Gasteiger partial charge in [-0.1, -0.05) is 6.92 Å². The van der Waals surface area contributed by atoms with Crippen molar-refractivity contribution in [1.82, 2.24) is 4.57 Å². The zero-order chi connectivity index (χ0) is 14.7. The molecule has 4 nitrogen and oxygen atoms in total. The maximum atomic E-state index is 9.16. The van der Waals surface area contributed by atoms with E-state index in [0.717, 1.165) is 29.1 Å². The normalized spacial score (nSPS) is 10.3. The van der Waals surface area contributed by atoms with Crippen molar-refractivity contribution >= 4 is 5.82 Å². The second-order valence-electron chi connectivity index (χ2n) is 4.76.